The highest BCUT2D eigenvalue weighted by Crippen LogP contribution is 2.27. The summed E-state index contributed by atoms with van der Waals surface area (Å²) >= 11 is 1.74. The second-order valence-corrected chi connectivity index (χ2v) is 6.72. The molecule has 116 valence electrons. The molecule has 0 bridgehead atoms. The highest BCUT2D eigenvalue weighted by Gasteiger charge is 2.15. The van der Waals surface area contributed by atoms with Crippen molar-refractivity contribution < 1.29 is 9.18 Å². The van der Waals surface area contributed by atoms with Gasteiger partial charge in [-0.1, -0.05) is 18.2 Å². The van der Waals surface area contributed by atoms with E-state index in [-0.39, 0.29) is 18.3 Å². The predicted octanol–water partition coefficient (Wildman–Crippen LogP) is 3.41. The van der Waals surface area contributed by atoms with Crippen LogP contribution in [0.3, 0.4) is 0 Å². The van der Waals surface area contributed by atoms with E-state index in [0.717, 1.165) is 17.8 Å². The Morgan fingerprint density at radius 1 is 1.27 bits per heavy atom. The molecule has 0 atom stereocenters. The van der Waals surface area contributed by atoms with Crippen molar-refractivity contribution in [2.45, 2.75) is 45.1 Å². The molecule has 1 aromatic heterocycles. The van der Waals surface area contributed by atoms with Crippen molar-refractivity contribution in [2.24, 2.45) is 0 Å². The molecule has 1 aromatic carbocycles. The molecule has 1 aliphatic carbocycles. The topological polar surface area (TPSA) is 42.0 Å². The third-order valence-electron chi connectivity index (χ3n) is 3.89. The molecule has 22 heavy (non-hydrogen) atoms. The van der Waals surface area contributed by atoms with E-state index in [1.165, 1.54) is 29.5 Å². The van der Waals surface area contributed by atoms with E-state index < -0.39 is 0 Å². The number of halogens is 1. The Hall–Kier alpha value is -1.75. The van der Waals surface area contributed by atoms with E-state index in [2.05, 4.69) is 10.3 Å². The van der Waals surface area contributed by atoms with Crippen molar-refractivity contribution in [1.29, 1.82) is 0 Å². The molecule has 0 aliphatic heterocycles. The smallest absolute Gasteiger partial charge is 0.220 e. The first-order valence-corrected chi connectivity index (χ1v) is 8.51. The molecule has 0 radical (unpaired) electrons. The minimum atomic E-state index is -0.282. The molecule has 0 unspecified atom stereocenters. The Labute approximate surface area is 133 Å². The van der Waals surface area contributed by atoms with E-state index in [4.69, 9.17) is 0 Å². The number of carbonyl (C=O) groups excluding carboxylic acids is 1. The van der Waals surface area contributed by atoms with Crippen molar-refractivity contribution in [3.63, 3.8) is 0 Å². The second kappa shape index (κ2) is 7.01. The Bertz CT molecular complexity index is 645. The second-order valence-electron chi connectivity index (χ2n) is 5.55. The van der Waals surface area contributed by atoms with Gasteiger partial charge in [0.2, 0.25) is 5.91 Å². The van der Waals surface area contributed by atoms with E-state index in [9.17, 15) is 9.18 Å². The number of rotatable bonds is 5. The Kier molecular flexibility index (Phi) is 4.83. The number of fused-ring (bicyclic) bond motifs is 1. The predicted molar refractivity (Wildman–Crippen MR) is 85.3 cm³/mol. The molecule has 5 heteroatoms. The van der Waals surface area contributed by atoms with E-state index in [0.29, 0.717) is 18.4 Å². The van der Waals surface area contributed by atoms with Crippen LogP contribution in [0.5, 0.6) is 0 Å². The van der Waals surface area contributed by atoms with E-state index in [1.807, 2.05) is 0 Å². The number of nitrogens with one attached hydrogen (secondary N) is 1. The number of aryl methyl sites for hydroxylation is 3. The number of thiazole rings is 1. The molecular formula is C17H19FN2OS. The molecule has 0 spiro atoms. The first kappa shape index (κ1) is 15.2. The van der Waals surface area contributed by atoms with Gasteiger partial charge in [0.25, 0.3) is 0 Å². The number of carbonyl (C=O) groups is 1. The summed E-state index contributed by atoms with van der Waals surface area (Å²) in [5.74, 6) is -0.341. The van der Waals surface area contributed by atoms with Crippen LogP contribution in [0, 0.1) is 5.82 Å². The van der Waals surface area contributed by atoms with Crippen LogP contribution in [-0.4, -0.2) is 10.9 Å². The summed E-state index contributed by atoms with van der Waals surface area (Å²) in [6, 6.07) is 6.50. The third kappa shape index (κ3) is 3.71. The lowest BCUT2D eigenvalue weighted by molar-refractivity contribution is -0.121. The van der Waals surface area contributed by atoms with Crippen LogP contribution >= 0.6 is 11.3 Å². The lowest BCUT2D eigenvalue weighted by atomic mass is 10.0. The van der Waals surface area contributed by atoms with Gasteiger partial charge in [0.05, 0.1) is 10.7 Å². The van der Waals surface area contributed by atoms with Crippen LogP contribution in [0.25, 0.3) is 0 Å². The van der Waals surface area contributed by atoms with Crippen LogP contribution < -0.4 is 5.32 Å². The largest absolute Gasteiger partial charge is 0.352 e. The molecule has 3 nitrogen and oxygen atoms in total. The average molecular weight is 318 g/mol. The fourth-order valence-electron chi connectivity index (χ4n) is 2.66. The maximum absolute atomic E-state index is 13.5. The van der Waals surface area contributed by atoms with Crippen LogP contribution in [0.15, 0.2) is 24.3 Å². The van der Waals surface area contributed by atoms with Gasteiger partial charge in [0.15, 0.2) is 0 Å². The highest BCUT2D eigenvalue weighted by atomic mass is 32.1. The summed E-state index contributed by atoms with van der Waals surface area (Å²) in [4.78, 5) is 17.9. The van der Waals surface area contributed by atoms with Crippen molar-refractivity contribution in [3.8, 4) is 0 Å². The van der Waals surface area contributed by atoms with Gasteiger partial charge in [-0.05, 0) is 31.7 Å². The molecule has 1 N–H and O–H groups in total. The normalized spacial score (nSPS) is 13.7. The first-order chi connectivity index (χ1) is 10.7. The summed E-state index contributed by atoms with van der Waals surface area (Å²) in [6.07, 6.45) is 5.75. The maximum atomic E-state index is 13.5. The lowest BCUT2D eigenvalue weighted by Crippen LogP contribution is -2.23. The fraction of sp³-hybridized carbons (Fsp3) is 0.412. The van der Waals surface area contributed by atoms with Crippen molar-refractivity contribution in [2.75, 3.05) is 0 Å². The molecule has 0 fully saturated rings. The van der Waals surface area contributed by atoms with Crippen LogP contribution in [0.1, 0.15) is 40.4 Å². The highest BCUT2D eigenvalue weighted by molar-refractivity contribution is 7.11. The molecule has 2 aromatic rings. The zero-order chi connectivity index (χ0) is 15.4. The van der Waals surface area contributed by atoms with Gasteiger partial charge >= 0.3 is 0 Å². The molecule has 0 saturated heterocycles. The van der Waals surface area contributed by atoms with Gasteiger partial charge in [0, 0.05) is 29.8 Å². The monoisotopic (exact) mass is 318 g/mol. The minimum absolute atomic E-state index is 0.0589. The van der Waals surface area contributed by atoms with Gasteiger partial charge in [-0.3, -0.25) is 4.79 Å². The number of amides is 1. The van der Waals surface area contributed by atoms with Gasteiger partial charge < -0.3 is 5.32 Å². The van der Waals surface area contributed by atoms with E-state index in [1.54, 1.807) is 29.5 Å². The number of aromatic nitrogens is 1. The third-order valence-corrected chi connectivity index (χ3v) is 5.11. The van der Waals surface area contributed by atoms with Crippen molar-refractivity contribution >= 4 is 17.2 Å². The Morgan fingerprint density at radius 2 is 2.09 bits per heavy atom. The van der Waals surface area contributed by atoms with Crippen LogP contribution in [0.4, 0.5) is 4.39 Å². The first-order valence-electron chi connectivity index (χ1n) is 7.70. The molecule has 3 rings (SSSR count). The van der Waals surface area contributed by atoms with Gasteiger partial charge in [-0.25, -0.2) is 9.37 Å². The minimum Gasteiger partial charge on any atom is -0.352 e. The zero-order valence-electron chi connectivity index (χ0n) is 12.4. The van der Waals surface area contributed by atoms with Gasteiger partial charge in [-0.2, -0.15) is 0 Å². The maximum Gasteiger partial charge on any atom is 0.220 e. The van der Waals surface area contributed by atoms with Crippen LogP contribution in [-0.2, 0) is 30.6 Å². The van der Waals surface area contributed by atoms with Crippen molar-refractivity contribution in [1.82, 2.24) is 10.3 Å². The van der Waals surface area contributed by atoms with E-state index >= 15 is 0 Å². The summed E-state index contributed by atoms with van der Waals surface area (Å²) in [5, 5.41) is 3.82. The number of nitrogens with zero attached hydrogens (tertiary/aromatic N) is 1. The summed E-state index contributed by atoms with van der Waals surface area (Å²) in [6.45, 7) is 0.236. The SMILES string of the molecule is O=C(CCc1nc2c(s1)CCCC2)NCc1ccccc1F. The van der Waals surface area contributed by atoms with Crippen molar-refractivity contribution in [3.05, 3.63) is 51.2 Å². The lowest BCUT2D eigenvalue weighted by Gasteiger charge is -2.06. The quantitative estimate of drug-likeness (QED) is 0.918. The number of hydrogen-bond donors (Lipinski definition) is 1. The number of hydrogen-bond acceptors (Lipinski definition) is 3. The Morgan fingerprint density at radius 3 is 2.91 bits per heavy atom. The summed E-state index contributed by atoms with van der Waals surface area (Å²) in [5.41, 5.74) is 1.75. The molecule has 1 heterocycles. The average Bonchev–Trinajstić information content (AvgIpc) is 2.95. The molecule has 1 amide bonds. The fourth-order valence-corrected chi connectivity index (χ4v) is 3.81. The molecular weight excluding hydrogens is 299 g/mol. The van der Waals surface area contributed by atoms with Gasteiger partial charge in [-0.15, -0.1) is 11.3 Å². The molecule has 0 saturated carbocycles. The summed E-state index contributed by atoms with van der Waals surface area (Å²) < 4.78 is 13.5. The standard InChI is InChI=1S/C17H19FN2OS/c18-13-6-2-1-5-12(13)11-19-16(21)9-10-17-20-14-7-3-4-8-15(14)22-17/h1-2,5-6H,3-4,7-11H2,(H,19,21). The summed E-state index contributed by atoms with van der Waals surface area (Å²) in [7, 11) is 0. The zero-order valence-corrected chi connectivity index (χ0v) is 13.2. The Balaban J connectivity index is 1.48. The van der Waals surface area contributed by atoms with Gasteiger partial charge in [0.1, 0.15) is 5.82 Å². The van der Waals surface area contributed by atoms with Crippen LogP contribution in [0.2, 0.25) is 0 Å². The molecule has 1 aliphatic rings. The number of benzene rings is 1.